The largest absolute Gasteiger partial charge is 0.326 e. The molecule has 0 saturated carbocycles. The smallest absolute Gasteiger partial charge is 0.243 e. The molecule has 0 fully saturated rings. The second kappa shape index (κ2) is 6.50. The van der Waals surface area contributed by atoms with E-state index in [4.69, 9.17) is 5.73 Å². The van der Waals surface area contributed by atoms with Gasteiger partial charge in [-0.2, -0.15) is 4.31 Å². The number of sulfonamides is 1. The van der Waals surface area contributed by atoms with Crippen LogP contribution < -0.4 is 5.73 Å². The van der Waals surface area contributed by atoms with Crippen LogP contribution in [0.1, 0.15) is 38.3 Å². The van der Waals surface area contributed by atoms with Crippen molar-refractivity contribution < 1.29 is 8.42 Å². The van der Waals surface area contributed by atoms with E-state index in [2.05, 4.69) is 0 Å². The molecule has 5 heteroatoms. The van der Waals surface area contributed by atoms with Gasteiger partial charge in [-0.1, -0.05) is 13.0 Å². The molecule has 0 saturated heterocycles. The Morgan fingerprint density at radius 3 is 2.42 bits per heavy atom. The van der Waals surface area contributed by atoms with Gasteiger partial charge in [-0.15, -0.1) is 0 Å². The summed E-state index contributed by atoms with van der Waals surface area (Å²) >= 11 is 0. The summed E-state index contributed by atoms with van der Waals surface area (Å²) in [5.41, 5.74) is 7.55. The number of aryl methyl sites for hydroxylation is 1. The van der Waals surface area contributed by atoms with Crippen LogP contribution in [-0.2, 0) is 16.6 Å². The zero-order chi connectivity index (χ0) is 14.6. The van der Waals surface area contributed by atoms with Crippen molar-refractivity contribution in [2.75, 3.05) is 6.54 Å². The topological polar surface area (TPSA) is 63.4 Å². The van der Waals surface area contributed by atoms with Crippen LogP contribution in [0.2, 0.25) is 0 Å². The SMILES string of the molecule is CCCN(C(C)C)S(=O)(=O)c1ccc(C)c(CN)c1. The molecular formula is C14H24N2O2S. The summed E-state index contributed by atoms with van der Waals surface area (Å²) in [4.78, 5) is 0.334. The van der Waals surface area contributed by atoms with Gasteiger partial charge in [-0.25, -0.2) is 8.42 Å². The molecule has 1 rings (SSSR count). The molecule has 0 unspecified atom stereocenters. The number of nitrogens with two attached hydrogens (primary N) is 1. The van der Waals surface area contributed by atoms with E-state index in [0.717, 1.165) is 17.5 Å². The third-order valence-electron chi connectivity index (χ3n) is 3.17. The summed E-state index contributed by atoms with van der Waals surface area (Å²) in [5.74, 6) is 0. The monoisotopic (exact) mass is 284 g/mol. The summed E-state index contributed by atoms with van der Waals surface area (Å²) in [6.07, 6.45) is 0.799. The Bertz CT molecular complexity index is 524. The molecule has 0 aliphatic heterocycles. The summed E-state index contributed by atoms with van der Waals surface area (Å²) in [6, 6.07) is 5.12. The Labute approximate surface area is 116 Å². The fourth-order valence-corrected chi connectivity index (χ4v) is 3.82. The van der Waals surface area contributed by atoms with Crippen LogP contribution in [0.4, 0.5) is 0 Å². The second-order valence-electron chi connectivity index (χ2n) is 5.00. The van der Waals surface area contributed by atoms with Crippen LogP contribution in [0.25, 0.3) is 0 Å². The number of hydrogen-bond donors (Lipinski definition) is 1. The standard InChI is InChI=1S/C14H24N2O2S/c1-5-8-16(11(2)3)19(17,18)14-7-6-12(4)13(9-14)10-15/h6-7,9,11H,5,8,10,15H2,1-4H3. The fraction of sp³-hybridized carbons (Fsp3) is 0.571. The van der Waals surface area contributed by atoms with E-state index in [1.54, 1.807) is 12.1 Å². The van der Waals surface area contributed by atoms with Crippen molar-refractivity contribution in [3.8, 4) is 0 Å². The van der Waals surface area contributed by atoms with Crippen molar-refractivity contribution >= 4 is 10.0 Å². The number of benzene rings is 1. The maximum atomic E-state index is 12.6. The van der Waals surface area contributed by atoms with Crippen molar-refractivity contribution in [3.63, 3.8) is 0 Å². The van der Waals surface area contributed by atoms with Crippen molar-refractivity contribution in [2.24, 2.45) is 5.73 Å². The third-order valence-corrected chi connectivity index (χ3v) is 5.24. The van der Waals surface area contributed by atoms with Gasteiger partial charge in [0.05, 0.1) is 4.90 Å². The van der Waals surface area contributed by atoms with Crippen LogP contribution in [0.5, 0.6) is 0 Å². The summed E-state index contributed by atoms with van der Waals surface area (Å²) < 4.78 is 26.8. The summed E-state index contributed by atoms with van der Waals surface area (Å²) in [7, 11) is -3.43. The quantitative estimate of drug-likeness (QED) is 0.871. The summed E-state index contributed by atoms with van der Waals surface area (Å²) in [5, 5.41) is 0. The van der Waals surface area contributed by atoms with Crippen molar-refractivity contribution in [3.05, 3.63) is 29.3 Å². The van der Waals surface area contributed by atoms with Gasteiger partial charge in [0.15, 0.2) is 0 Å². The van der Waals surface area contributed by atoms with Crippen LogP contribution in [0.3, 0.4) is 0 Å². The lowest BCUT2D eigenvalue weighted by Gasteiger charge is -2.25. The lowest BCUT2D eigenvalue weighted by atomic mass is 10.1. The minimum atomic E-state index is -3.43. The normalized spacial score (nSPS) is 12.4. The van der Waals surface area contributed by atoms with E-state index in [-0.39, 0.29) is 6.04 Å². The van der Waals surface area contributed by atoms with Gasteiger partial charge >= 0.3 is 0 Å². The van der Waals surface area contributed by atoms with Gasteiger partial charge in [0.25, 0.3) is 0 Å². The molecule has 0 spiro atoms. The van der Waals surface area contributed by atoms with E-state index in [0.29, 0.717) is 18.0 Å². The Morgan fingerprint density at radius 2 is 1.95 bits per heavy atom. The molecular weight excluding hydrogens is 260 g/mol. The van der Waals surface area contributed by atoms with E-state index in [1.807, 2.05) is 33.8 Å². The Morgan fingerprint density at radius 1 is 1.32 bits per heavy atom. The van der Waals surface area contributed by atoms with Crippen LogP contribution in [-0.4, -0.2) is 25.3 Å². The molecule has 19 heavy (non-hydrogen) atoms. The number of hydrogen-bond acceptors (Lipinski definition) is 3. The highest BCUT2D eigenvalue weighted by molar-refractivity contribution is 7.89. The molecule has 0 heterocycles. The fourth-order valence-electron chi connectivity index (χ4n) is 2.04. The molecule has 0 radical (unpaired) electrons. The van der Waals surface area contributed by atoms with Crippen LogP contribution in [0.15, 0.2) is 23.1 Å². The minimum Gasteiger partial charge on any atom is -0.326 e. The zero-order valence-electron chi connectivity index (χ0n) is 12.2. The lowest BCUT2D eigenvalue weighted by molar-refractivity contribution is 0.354. The first kappa shape index (κ1) is 16.1. The minimum absolute atomic E-state index is 0.0485. The number of nitrogens with zero attached hydrogens (tertiary/aromatic N) is 1. The molecule has 108 valence electrons. The van der Waals surface area contributed by atoms with Gasteiger partial charge in [0, 0.05) is 19.1 Å². The van der Waals surface area contributed by atoms with Crippen LogP contribution in [0, 0.1) is 6.92 Å². The highest BCUT2D eigenvalue weighted by Gasteiger charge is 2.26. The van der Waals surface area contributed by atoms with E-state index in [9.17, 15) is 8.42 Å². The highest BCUT2D eigenvalue weighted by Crippen LogP contribution is 2.21. The molecule has 0 amide bonds. The second-order valence-corrected chi connectivity index (χ2v) is 6.89. The zero-order valence-corrected chi connectivity index (χ0v) is 13.0. The average Bonchev–Trinajstić information content (AvgIpc) is 2.35. The van der Waals surface area contributed by atoms with Gasteiger partial charge in [0.2, 0.25) is 10.0 Å². The Kier molecular flexibility index (Phi) is 5.52. The first-order valence-corrected chi connectivity index (χ1v) is 8.10. The predicted octanol–water partition coefficient (Wildman–Crippen LogP) is 2.26. The van der Waals surface area contributed by atoms with Crippen molar-refractivity contribution in [2.45, 2.75) is 51.6 Å². The predicted molar refractivity (Wildman–Crippen MR) is 78.4 cm³/mol. The third kappa shape index (κ3) is 3.55. The molecule has 0 aliphatic rings. The van der Waals surface area contributed by atoms with Gasteiger partial charge in [-0.05, 0) is 50.5 Å². The maximum Gasteiger partial charge on any atom is 0.243 e. The molecule has 0 aliphatic carbocycles. The molecule has 0 aromatic heterocycles. The van der Waals surface area contributed by atoms with Crippen molar-refractivity contribution in [1.29, 1.82) is 0 Å². The van der Waals surface area contributed by atoms with Gasteiger partial charge in [-0.3, -0.25) is 0 Å². The highest BCUT2D eigenvalue weighted by atomic mass is 32.2. The first-order valence-electron chi connectivity index (χ1n) is 6.66. The molecule has 0 atom stereocenters. The average molecular weight is 284 g/mol. The van der Waals surface area contributed by atoms with Crippen LogP contribution >= 0.6 is 0 Å². The Hall–Kier alpha value is -0.910. The molecule has 4 nitrogen and oxygen atoms in total. The van der Waals surface area contributed by atoms with Gasteiger partial charge < -0.3 is 5.73 Å². The molecule has 1 aromatic rings. The first-order chi connectivity index (χ1) is 8.84. The van der Waals surface area contributed by atoms with Gasteiger partial charge in [0.1, 0.15) is 0 Å². The van der Waals surface area contributed by atoms with E-state index in [1.165, 1.54) is 4.31 Å². The summed E-state index contributed by atoms with van der Waals surface area (Å²) in [6.45, 7) is 8.59. The lowest BCUT2D eigenvalue weighted by Crippen LogP contribution is -2.37. The van der Waals surface area contributed by atoms with E-state index < -0.39 is 10.0 Å². The molecule has 0 bridgehead atoms. The van der Waals surface area contributed by atoms with E-state index >= 15 is 0 Å². The Balaban J connectivity index is 3.25. The maximum absolute atomic E-state index is 12.6. The van der Waals surface area contributed by atoms with Crippen molar-refractivity contribution in [1.82, 2.24) is 4.31 Å². The molecule has 2 N–H and O–H groups in total. The number of rotatable bonds is 6. The molecule has 1 aromatic carbocycles.